The van der Waals surface area contributed by atoms with Crippen molar-refractivity contribution in [2.24, 2.45) is 5.73 Å². The van der Waals surface area contributed by atoms with E-state index in [9.17, 15) is 0 Å². The molecule has 0 amide bonds. The molecule has 0 radical (unpaired) electrons. The van der Waals surface area contributed by atoms with Gasteiger partial charge in [-0.2, -0.15) is 0 Å². The number of nitrogens with one attached hydrogen (secondary N) is 1. The normalized spacial score (nSPS) is 18.4. The molecule has 1 fully saturated rings. The number of pyridine rings is 1. The molecule has 0 spiro atoms. The van der Waals surface area contributed by atoms with Crippen molar-refractivity contribution in [3.05, 3.63) is 29.6 Å². The predicted octanol–water partition coefficient (Wildman–Crippen LogP) is 1.01. The van der Waals surface area contributed by atoms with Gasteiger partial charge in [0.1, 0.15) is 0 Å². The van der Waals surface area contributed by atoms with E-state index < -0.39 is 0 Å². The van der Waals surface area contributed by atoms with Crippen LogP contribution in [-0.2, 0) is 6.54 Å². The number of aromatic nitrogens is 1. The van der Waals surface area contributed by atoms with E-state index in [1.54, 1.807) is 0 Å². The third kappa shape index (κ3) is 1.94. The Morgan fingerprint density at radius 3 is 2.93 bits per heavy atom. The molecule has 0 unspecified atom stereocenters. The van der Waals surface area contributed by atoms with Crippen molar-refractivity contribution in [1.29, 1.82) is 0 Å². The van der Waals surface area contributed by atoms with E-state index in [-0.39, 0.29) is 0 Å². The van der Waals surface area contributed by atoms with Crippen molar-refractivity contribution in [2.45, 2.75) is 25.3 Å². The van der Waals surface area contributed by atoms with Gasteiger partial charge in [-0.3, -0.25) is 4.98 Å². The van der Waals surface area contributed by atoms with Crippen LogP contribution in [0.25, 0.3) is 0 Å². The summed E-state index contributed by atoms with van der Waals surface area (Å²) in [6, 6.07) is 2.12. The Hall–Kier alpha value is -0.930. The summed E-state index contributed by atoms with van der Waals surface area (Å²) in [5, 5.41) is 3.38. The fraction of sp³-hybridized carbons (Fsp3) is 0.545. The second-order valence-corrected chi connectivity index (χ2v) is 3.80. The Bertz CT molecular complexity index is 292. The van der Waals surface area contributed by atoms with Gasteiger partial charge in [0.25, 0.3) is 0 Å². The average Bonchev–Trinajstić information content (AvgIpc) is 2.30. The molecule has 76 valence electrons. The van der Waals surface area contributed by atoms with E-state index in [2.05, 4.69) is 16.4 Å². The fourth-order valence-corrected chi connectivity index (χ4v) is 2.14. The summed E-state index contributed by atoms with van der Waals surface area (Å²) in [4.78, 5) is 4.12. The maximum Gasteiger partial charge on any atom is 0.0315 e. The molecule has 1 saturated heterocycles. The first-order chi connectivity index (χ1) is 6.92. The van der Waals surface area contributed by atoms with E-state index in [0.717, 1.165) is 13.1 Å². The first kappa shape index (κ1) is 9.62. The summed E-state index contributed by atoms with van der Waals surface area (Å²) < 4.78 is 0. The Morgan fingerprint density at radius 1 is 1.43 bits per heavy atom. The molecule has 0 aromatic carbocycles. The van der Waals surface area contributed by atoms with E-state index in [4.69, 9.17) is 5.73 Å². The maximum absolute atomic E-state index is 5.70. The first-order valence-corrected chi connectivity index (χ1v) is 5.25. The van der Waals surface area contributed by atoms with Crippen LogP contribution in [0.15, 0.2) is 18.5 Å². The molecule has 0 bridgehead atoms. The molecular formula is C11H17N3. The molecule has 3 N–H and O–H groups in total. The highest BCUT2D eigenvalue weighted by Crippen LogP contribution is 2.27. The highest BCUT2D eigenvalue weighted by Gasteiger charge is 2.17. The number of hydrogen-bond acceptors (Lipinski definition) is 3. The van der Waals surface area contributed by atoms with Crippen LogP contribution in [0.5, 0.6) is 0 Å². The Labute approximate surface area is 84.7 Å². The standard InChI is InChI=1S/C11H17N3/c12-7-10-8-14-6-3-11(10)9-1-4-13-5-2-9/h3,6,8-9,13H,1-2,4-5,7,12H2. The van der Waals surface area contributed by atoms with Gasteiger partial charge in [-0.1, -0.05) is 0 Å². The SMILES string of the molecule is NCc1cnccc1C1CCNCC1. The van der Waals surface area contributed by atoms with Gasteiger partial charge in [0, 0.05) is 18.9 Å². The van der Waals surface area contributed by atoms with E-state index in [1.165, 1.54) is 24.0 Å². The van der Waals surface area contributed by atoms with Crippen LogP contribution in [0.3, 0.4) is 0 Å². The first-order valence-electron chi connectivity index (χ1n) is 5.25. The third-order valence-corrected chi connectivity index (χ3v) is 2.94. The molecule has 3 heteroatoms. The largest absolute Gasteiger partial charge is 0.326 e. The molecule has 1 aromatic rings. The predicted molar refractivity (Wildman–Crippen MR) is 57.0 cm³/mol. The van der Waals surface area contributed by atoms with Crippen molar-refractivity contribution in [2.75, 3.05) is 13.1 Å². The van der Waals surface area contributed by atoms with Gasteiger partial charge in [-0.15, -0.1) is 0 Å². The van der Waals surface area contributed by atoms with Crippen molar-refractivity contribution in [3.63, 3.8) is 0 Å². The third-order valence-electron chi connectivity index (χ3n) is 2.94. The molecule has 0 saturated carbocycles. The fourth-order valence-electron chi connectivity index (χ4n) is 2.14. The second-order valence-electron chi connectivity index (χ2n) is 3.80. The van der Waals surface area contributed by atoms with Crippen LogP contribution in [-0.4, -0.2) is 18.1 Å². The zero-order chi connectivity index (χ0) is 9.80. The molecule has 0 aliphatic carbocycles. The zero-order valence-electron chi connectivity index (χ0n) is 8.37. The smallest absolute Gasteiger partial charge is 0.0315 e. The topological polar surface area (TPSA) is 50.9 Å². The van der Waals surface area contributed by atoms with Gasteiger partial charge in [0.05, 0.1) is 0 Å². The summed E-state index contributed by atoms with van der Waals surface area (Å²) in [6.45, 7) is 2.85. The van der Waals surface area contributed by atoms with E-state index in [0.29, 0.717) is 12.5 Å². The van der Waals surface area contributed by atoms with Gasteiger partial charge in [0.2, 0.25) is 0 Å². The molecule has 0 atom stereocenters. The van der Waals surface area contributed by atoms with Gasteiger partial charge in [-0.05, 0) is 49.0 Å². The van der Waals surface area contributed by atoms with Gasteiger partial charge < -0.3 is 11.1 Å². The van der Waals surface area contributed by atoms with Crippen molar-refractivity contribution in [3.8, 4) is 0 Å². The van der Waals surface area contributed by atoms with E-state index >= 15 is 0 Å². The second kappa shape index (κ2) is 4.53. The summed E-state index contributed by atoms with van der Waals surface area (Å²) in [6.07, 6.45) is 6.21. The Balaban J connectivity index is 2.20. The lowest BCUT2D eigenvalue weighted by Crippen LogP contribution is -2.27. The zero-order valence-corrected chi connectivity index (χ0v) is 8.37. The summed E-state index contributed by atoms with van der Waals surface area (Å²) in [7, 11) is 0. The van der Waals surface area contributed by atoms with Gasteiger partial charge >= 0.3 is 0 Å². The highest BCUT2D eigenvalue weighted by atomic mass is 14.9. The van der Waals surface area contributed by atoms with Crippen LogP contribution >= 0.6 is 0 Å². The van der Waals surface area contributed by atoms with Gasteiger partial charge in [0.15, 0.2) is 0 Å². The molecule has 3 nitrogen and oxygen atoms in total. The lowest BCUT2D eigenvalue weighted by Gasteiger charge is -2.24. The molecule has 1 aliphatic rings. The van der Waals surface area contributed by atoms with E-state index in [1.807, 2.05) is 12.4 Å². The number of hydrogen-bond donors (Lipinski definition) is 2. The lowest BCUT2D eigenvalue weighted by molar-refractivity contribution is 0.458. The average molecular weight is 191 g/mol. The Morgan fingerprint density at radius 2 is 2.21 bits per heavy atom. The molecule has 1 aliphatic heterocycles. The van der Waals surface area contributed by atoms with Crippen LogP contribution in [0.2, 0.25) is 0 Å². The molecule has 2 heterocycles. The Kier molecular flexibility index (Phi) is 3.11. The minimum absolute atomic E-state index is 0.604. The van der Waals surface area contributed by atoms with Crippen LogP contribution in [0.1, 0.15) is 29.9 Å². The van der Waals surface area contributed by atoms with Crippen molar-refractivity contribution < 1.29 is 0 Å². The monoisotopic (exact) mass is 191 g/mol. The quantitative estimate of drug-likeness (QED) is 0.733. The van der Waals surface area contributed by atoms with Crippen molar-refractivity contribution >= 4 is 0 Å². The summed E-state index contributed by atoms with van der Waals surface area (Å²) >= 11 is 0. The minimum atomic E-state index is 0.604. The number of rotatable bonds is 2. The maximum atomic E-state index is 5.70. The number of nitrogens with zero attached hydrogens (tertiary/aromatic N) is 1. The number of nitrogens with two attached hydrogens (primary N) is 1. The van der Waals surface area contributed by atoms with Crippen LogP contribution in [0, 0.1) is 0 Å². The molecule has 1 aromatic heterocycles. The van der Waals surface area contributed by atoms with Crippen LogP contribution in [0.4, 0.5) is 0 Å². The highest BCUT2D eigenvalue weighted by molar-refractivity contribution is 5.27. The molecular weight excluding hydrogens is 174 g/mol. The number of piperidine rings is 1. The summed E-state index contributed by atoms with van der Waals surface area (Å²) in [5.74, 6) is 0.679. The molecule has 14 heavy (non-hydrogen) atoms. The summed E-state index contributed by atoms with van der Waals surface area (Å²) in [5.41, 5.74) is 8.32. The van der Waals surface area contributed by atoms with Crippen LogP contribution < -0.4 is 11.1 Å². The van der Waals surface area contributed by atoms with Crippen molar-refractivity contribution in [1.82, 2.24) is 10.3 Å². The molecule has 2 rings (SSSR count). The van der Waals surface area contributed by atoms with Gasteiger partial charge in [-0.25, -0.2) is 0 Å². The minimum Gasteiger partial charge on any atom is -0.326 e. The lowest BCUT2D eigenvalue weighted by atomic mass is 9.88.